The van der Waals surface area contributed by atoms with Gasteiger partial charge in [0.15, 0.2) is 6.61 Å². The van der Waals surface area contributed by atoms with Crippen LogP contribution in [0.5, 0.6) is 0 Å². The zero-order valence-corrected chi connectivity index (χ0v) is 13.3. The van der Waals surface area contributed by atoms with Gasteiger partial charge in [-0.2, -0.15) is 4.98 Å². The summed E-state index contributed by atoms with van der Waals surface area (Å²) in [6, 6.07) is 15.6. The number of nitrogens with zero attached hydrogens (tertiary/aromatic N) is 2. The summed E-state index contributed by atoms with van der Waals surface area (Å²) in [6.07, 6.45) is 0. The number of carbonyl (C=O) groups excluding carboxylic acids is 1. The molecule has 24 heavy (non-hydrogen) atoms. The van der Waals surface area contributed by atoms with Gasteiger partial charge in [0, 0.05) is 10.5 Å². The Balaban J connectivity index is 1.50. The number of aromatic nitrogens is 2. The van der Waals surface area contributed by atoms with Gasteiger partial charge in [-0.15, -0.1) is 11.8 Å². The number of esters is 1. The molecule has 7 heteroatoms. The Kier molecular flexibility index (Phi) is 5.22. The van der Waals surface area contributed by atoms with E-state index in [0.717, 1.165) is 17.3 Å². The van der Waals surface area contributed by atoms with E-state index in [1.54, 1.807) is 18.2 Å². The lowest BCUT2D eigenvalue weighted by Crippen LogP contribution is -2.07. The van der Waals surface area contributed by atoms with Gasteiger partial charge in [0.2, 0.25) is 5.82 Å². The third kappa shape index (κ3) is 4.20. The van der Waals surface area contributed by atoms with Crippen molar-refractivity contribution in [3.63, 3.8) is 0 Å². The number of thioether (sulfide) groups is 1. The van der Waals surface area contributed by atoms with E-state index in [9.17, 15) is 9.18 Å². The minimum atomic E-state index is -0.484. The van der Waals surface area contributed by atoms with Gasteiger partial charge < -0.3 is 9.26 Å². The molecule has 0 aliphatic heterocycles. The minimum absolute atomic E-state index is 0.000608. The van der Waals surface area contributed by atoms with Crippen LogP contribution in [0.25, 0.3) is 11.4 Å². The largest absolute Gasteiger partial charge is 0.455 e. The fourth-order valence-corrected chi connectivity index (χ4v) is 2.64. The second-order valence-corrected chi connectivity index (χ2v) is 5.77. The summed E-state index contributed by atoms with van der Waals surface area (Å²) in [6.45, 7) is -0.115. The average molecular weight is 344 g/mol. The number of benzene rings is 2. The molecule has 0 aliphatic carbocycles. The van der Waals surface area contributed by atoms with Gasteiger partial charge in [-0.05, 0) is 12.1 Å². The third-order valence-corrected chi connectivity index (χ3v) is 4.06. The van der Waals surface area contributed by atoms with E-state index in [4.69, 9.17) is 9.26 Å². The summed E-state index contributed by atoms with van der Waals surface area (Å²) >= 11 is 1.08. The molecule has 122 valence electrons. The summed E-state index contributed by atoms with van der Waals surface area (Å²) in [7, 11) is 0. The maximum absolute atomic E-state index is 13.4. The van der Waals surface area contributed by atoms with Gasteiger partial charge in [0.1, 0.15) is 5.82 Å². The zero-order chi connectivity index (χ0) is 16.8. The van der Waals surface area contributed by atoms with E-state index in [-0.39, 0.29) is 24.1 Å². The van der Waals surface area contributed by atoms with E-state index in [1.807, 2.05) is 30.3 Å². The number of rotatable bonds is 6. The Hall–Kier alpha value is -2.67. The van der Waals surface area contributed by atoms with Crippen molar-refractivity contribution in [3.05, 3.63) is 66.3 Å². The first-order valence-electron chi connectivity index (χ1n) is 7.13. The highest BCUT2D eigenvalue weighted by Gasteiger charge is 2.12. The fourth-order valence-electron chi connectivity index (χ4n) is 1.90. The van der Waals surface area contributed by atoms with Crippen LogP contribution in [0.2, 0.25) is 0 Å². The molecule has 1 heterocycles. The number of halogens is 1. The van der Waals surface area contributed by atoms with E-state index < -0.39 is 5.97 Å². The van der Waals surface area contributed by atoms with Gasteiger partial charge in [-0.25, -0.2) is 4.39 Å². The molecule has 2 aromatic carbocycles. The van der Waals surface area contributed by atoms with Crippen molar-refractivity contribution in [2.24, 2.45) is 0 Å². The molecule has 0 unspecified atom stereocenters. The number of carbonyl (C=O) groups is 1. The molecule has 0 amide bonds. The molecule has 0 spiro atoms. The number of ether oxygens (including phenoxy) is 1. The average Bonchev–Trinajstić information content (AvgIpc) is 3.09. The van der Waals surface area contributed by atoms with Crippen LogP contribution in [-0.2, 0) is 16.1 Å². The number of hydrogen-bond acceptors (Lipinski definition) is 6. The summed E-state index contributed by atoms with van der Waals surface area (Å²) in [4.78, 5) is 16.3. The van der Waals surface area contributed by atoms with Crippen molar-refractivity contribution in [1.29, 1.82) is 0 Å². The maximum atomic E-state index is 13.4. The van der Waals surface area contributed by atoms with E-state index in [0.29, 0.717) is 10.7 Å². The highest BCUT2D eigenvalue weighted by molar-refractivity contribution is 8.00. The van der Waals surface area contributed by atoms with Crippen molar-refractivity contribution in [3.8, 4) is 11.4 Å². The maximum Gasteiger partial charge on any atom is 0.316 e. The summed E-state index contributed by atoms with van der Waals surface area (Å²) in [5, 5.41) is 3.84. The topological polar surface area (TPSA) is 65.2 Å². The lowest BCUT2D eigenvalue weighted by atomic mass is 10.2. The fraction of sp³-hybridized carbons (Fsp3) is 0.118. The van der Waals surface area contributed by atoms with Crippen molar-refractivity contribution in [1.82, 2.24) is 10.1 Å². The van der Waals surface area contributed by atoms with Crippen LogP contribution in [0.3, 0.4) is 0 Å². The normalized spacial score (nSPS) is 10.5. The molecule has 5 nitrogen and oxygen atoms in total. The molecule has 0 radical (unpaired) electrons. The van der Waals surface area contributed by atoms with Gasteiger partial charge >= 0.3 is 5.97 Å². The molecule has 0 saturated carbocycles. The molecule has 0 aliphatic rings. The van der Waals surface area contributed by atoms with E-state index >= 15 is 0 Å². The quantitative estimate of drug-likeness (QED) is 0.502. The van der Waals surface area contributed by atoms with Crippen LogP contribution in [0.15, 0.2) is 64.0 Å². The molecule has 3 aromatic rings. The molecular weight excluding hydrogens is 331 g/mol. The molecule has 3 rings (SSSR count). The minimum Gasteiger partial charge on any atom is -0.455 e. The van der Waals surface area contributed by atoms with Crippen LogP contribution < -0.4 is 0 Å². The van der Waals surface area contributed by atoms with Gasteiger partial charge in [0.05, 0.1) is 5.75 Å². The van der Waals surface area contributed by atoms with Crippen LogP contribution >= 0.6 is 11.8 Å². The standard InChI is InChI=1S/C17H13FN2O3S/c18-13-8-4-5-9-14(13)24-11-16(21)22-10-15-19-17(20-23-15)12-6-2-1-3-7-12/h1-9H,10-11H2. The predicted octanol–water partition coefficient (Wildman–Crippen LogP) is 3.71. The van der Waals surface area contributed by atoms with Crippen LogP contribution in [0.4, 0.5) is 4.39 Å². The second kappa shape index (κ2) is 7.74. The van der Waals surface area contributed by atoms with Crippen molar-refractivity contribution in [2.45, 2.75) is 11.5 Å². The second-order valence-electron chi connectivity index (χ2n) is 4.76. The van der Waals surface area contributed by atoms with E-state index in [1.165, 1.54) is 6.07 Å². The zero-order valence-electron chi connectivity index (χ0n) is 12.5. The highest BCUT2D eigenvalue weighted by atomic mass is 32.2. The lowest BCUT2D eigenvalue weighted by molar-refractivity contribution is -0.142. The molecular formula is C17H13FN2O3S. The monoisotopic (exact) mass is 344 g/mol. The van der Waals surface area contributed by atoms with Crippen molar-refractivity contribution < 1.29 is 18.4 Å². The predicted molar refractivity (Wildman–Crippen MR) is 86.7 cm³/mol. The van der Waals surface area contributed by atoms with Gasteiger partial charge in [-0.3, -0.25) is 4.79 Å². The highest BCUT2D eigenvalue weighted by Crippen LogP contribution is 2.21. The Bertz CT molecular complexity index is 823. The van der Waals surface area contributed by atoms with Gasteiger partial charge in [-0.1, -0.05) is 47.6 Å². The molecule has 0 atom stereocenters. The third-order valence-electron chi connectivity index (χ3n) is 3.04. The molecule has 0 bridgehead atoms. The smallest absolute Gasteiger partial charge is 0.316 e. The molecule has 0 fully saturated rings. The molecule has 0 N–H and O–H groups in total. The Labute approximate surface area is 141 Å². The Morgan fingerprint density at radius 3 is 2.67 bits per heavy atom. The first kappa shape index (κ1) is 16.2. The Morgan fingerprint density at radius 2 is 1.88 bits per heavy atom. The van der Waals surface area contributed by atoms with Crippen molar-refractivity contribution in [2.75, 3.05) is 5.75 Å². The van der Waals surface area contributed by atoms with Crippen molar-refractivity contribution >= 4 is 17.7 Å². The first-order chi connectivity index (χ1) is 11.7. The SMILES string of the molecule is O=C(CSc1ccccc1F)OCc1nc(-c2ccccc2)no1. The number of hydrogen-bond donors (Lipinski definition) is 0. The summed E-state index contributed by atoms with van der Waals surface area (Å²) < 4.78 is 23.6. The van der Waals surface area contributed by atoms with Crippen LogP contribution in [-0.4, -0.2) is 21.9 Å². The molecule has 1 aromatic heterocycles. The van der Waals surface area contributed by atoms with E-state index in [2.05, 4.69) is 10.1 Å². The van der Waals surface area contributed by atoms with Crippen LogP contribution in [0.1, 0.15) is 5.89 Å². The molecule has 0 saturated heterocycles. The first-order valence-corrected chi connectivity index (χ1v) is 8.12. The summed E-state index contributed by atoms with van der Waals surface area (Å²) in [5.74, 6) is -0.205. The van der Waals surface area contributed by atoms with Crippen LogP contribution in [0, 0.1) is 5.82 Å². The van der Waals surface area contributed by atoms with Gasteiger partial charge in [0.25, 0.3) is 5.89 Å². The Morgan fingerprint density at radius 1 is 1.12 bits per heavy atom. The lowest BCUT2D eigenvalue weighted by Gasteiger charge is -2.03. The summed E-state index contributed by atoms with van der Waals surface area (Å²) in [5.41, 5.74) is 0.814.